The number of carbonyl (C=O) groups is 1. The van der Waals surface area contributed by atoms with E-state index in [-0.39, 0.29) is 5.96 Å². The summed E-state index contributed by atoms with van der Waals surface area (Å²) in [7, 11) is 1.48. The van der Waals surface area contributed by atoms with Gasteiger partial charge in [0.25, 0.3) is 5.91 Å². The third-order valence-electron chi connectivity index (χ3n) is 3.20. The Bertz CT molecular complexity index is 514. The van der Waals surface area contributed by atoms with E-state index in [9.17, 15) is 4.79 Å². The van der Waals surface area contributed by atoms with Crippen LogP contribution in [0.4, 0.5) is 0 Å². The third kappa shape index (κ3) is 3.01. The van der Waals surface area contributed by atoms with Crippen LogP contribution in [0.2, 0.25) is 0 Å². The van der Waals surface area contributed by atoms with Crippen LogP contribution in [0.15, 0.2) is 6.07 Å². The normalized spacial score (nSPS) is 14.2. The maximum absolute atomic E-state index is 12.0. The molecule has 6 heteroatoms. The molecule has 1 aromatic rings. The van der Waals surface area contributed by atoms with Crippen molar-refractivity contribution in [3.8, 4) is 5.88 Å². The van der Waals surface area contributed by atoms with Crippen LogP contribution in [0.1, 0.15) is 40.9 Å². The summed E-state index contributed by atoms with van der Waals surface area (Å²) in [6, 6.07) is 1.81. The van der Waals surface area contributed by atoms with Crippen molar-refractivity contribution < 1.29 is 9.53 Å². The minimum Gasteiger partial charge on any atom is -0.480 e. The molecule has 0 radical (unpaired) electrons. The van der Waals surface area contributed by atoms with Crippen molar-refractivity contribution in [2.45, 2.75) is 32.1 Å². The lowest BCUT2D eigenvalue weighted by atomic mass is 10.1. The van der Waals surface area contributed by atoms with E-state index in [1.165, 1.54) is 13.5 Å². The van der Waals surface area contributed by atoms with Gasteiger partial charge in [-0.05, 0) is 37.3 Å². The minimum absolute atomic E-state index is 0.291. The highest BCUT2D eigenvalue weighted by Gasteiger charge is 2.19. The first-order valence-electron chi connectivity index (χ1n) is 6.34. The van der Waals surface area contributed by atoms with E-state index in [0.717, 1.165) is 36.9 Å². The van der Waals surface area contributed by atoms with Crippen molar-refractivity contribution in [1.82, 2.24) is 10.3 Å². The zero-order chi connectivity index (χ0) is 13.8. The lowest BCUT2D eigenvalue weighted by Gasteiger charge is -2.12. The lowest BCUT2D eigenvalue weighted by Crippen LogP contribution is -2.36. The Balaban J connectivity index is 2.39. The summed E-state index contributed by atoms with van der Waals surface area (Å²) in [5, 5.41) is 9.37. The molecule has 2 rings (SSSR count). The lowest BCUT2D eigenvalue weighted by molar-refractivity contribution is 0.0972. The second kappa shape index (κ2) is 5.69. The largest absolute Gasteiger partial charge is 0.480 e. The van der Waals surface area contributed by atoms with Crippen LogP contribution in [-0.4, -0.2) is 24.0 Å². The Morgan fingerprint density at radius 1 is 1.42 bits per heavy atom. The van der Waals surface area contributed by atoms with Gasteiger partial charge in [0, 0.05) is 5.69 Å². The molecule has 6 nitrogen and oxygen atoms in total. The van der Waals surface area contributed by atoms with Crippen LogP contribution >= 0.6 is 0 Å². The fourth-order valence-corrected chi connectivity index (χ4v) is 2.30. The molecule has 102 valence electrons. The summed E-state index contributed by atoms with van der Waals surface area (Å²) in [6.45, 7) is 0. The number of carbonyl (C=O) groups excluding carboxylic acids is 1. The number of methoxy groups -OCH3 is 1. The topological polar surface area (TPSA) is 101 Å². The monoisotopic (exact) mass is 262 g/mol. The van der Waals surface area contributed by atoms with E-state index < -0.39 is 5.91 Å². The molecule has 0 aromatic carbocycles. The molecule has 0 spiro atoms. The molecule has 0 aliphatic heterocycles. The number of guanidine groups is 1. The van der Waals surface area contributed by atoms with Crippen molar-refractivity contribution in [2.75, 3.05) is 7.11 Å². The maximum atomic E-state index is 12.0. The van der Waals surface area contributed by atoms with Crippen molar-refractivity contribution in [3.05, 3.63) is 22.9 Å². The van der Waals surface area contributed by atoms with Crippen LogP contribution in [-0.2, 0) is 12.8 Å². The second-order valence-electron chi connectivity index (χ2n) is 4.58. The van der Waals surface area contributed by atoms with Crippen molar-refractivity contribution in [2.24, 2.45) is 5.73 Å². The van der Waals surface area contributed by atoms with Crippen LogP contribution in [0.5, 0.6) is 5.88 Å². The van der Waals surface area contributed by atoms with Gasteiger partial charge in [0.1, 0.15) is 5.56 Å². The zero-order valence-corrected chi connectivity index (χ0v) is 11.0. The SMILES string of the molecule is COc1nc2c(cc1C(=O)NC(=N)N)CCCCC2. The molecular weight excluding hydrogens is 244 g/mol. The first-order chi connectivity index (χ1) is 9.11. The Kier molecular flexibility index (Phi) is 3.99. The van der Waals surface area contributed by atoms with Gasteiger partial charge >= 0.3 is 0 Å². The van der Waals surface area contributed by atoms with Crippen LogP contribution < -0.4 is 15.8 Å². The van der Waals surface area contributed by atoms with Gasteiger partial charge < -0.3 is 10.5 Å². The van der Waals surface area contributed by atoms with Crippen molar-refractivity contribution >= 4 is 11.9 Å². The Labute approximate surface area is 111 Å². The maximum Gasteiger partial charge on any atom is 0.263 e. The quantitative estimate of drug-likeness (QED) is 0.420. The van der Waals surface area contributed by atoms with Gasteiger partial charge in [-0.1, -0.05) is 6.42 Å². The molecule has 1 amide bonds. The molecule has 0 unspecified atom stereocenters. The molecule has 4 N–H and O–H groups in total. The molecule has 1 heterocycles. The molecule has 0 fully saturated rings. The number of hydrogen-bond donors (Lipinski definition) is 3. The third-order valence-corrected chi connectivity index (χ3v) is 3.20. The molecule has 1 aliphatic carbocycles. The van der Waals surface area contributed by atoms with Gasteiger partial charge in [0.15, 0.2) is 5.96 Å². The number of aromatic nitrogens is 1. The highest BCUT2D eigenvalue weighted by atomic mass is 16.5. The second-order valence-corrected chi connectivity index (χ2v) is 4.58. The van der Waals surface area contributed by atoms with Crippen molar-refractivity contribution in [3.63, 3.8) is 0 Å². The van der Waals surface area contributed by atoms with Gasteiger partial charge in [-0.25, -0.2) is 4.98 Å². The van der Waals surface area contributed by atoms with Gasteiger partial charge in [-0.2, -0.15) is 0 Å². The fraction of sp³-hybridized carbons (Fsp3) is 0.462. The van der Waals surface area contributed by atoms with Gasteiger partial charge in [-0.15, -0.1) is 0 Å². The first-order valence-corrected chi connectivity index (χ1v) is 6.34. The van der Waals surface area contributed by atoms with Gasteiger partial charge in [-0.3, -0.25) is 15.5 Å². The Hall–Kier alpha value is -2.11. The number of nitrogens with zero attached hydrogens (tertiary/aromatic N) is 1. The molecule has 1 aliphatic rings. The predicted octanol–water partition coefficient (Wildman–Crippen LogP) is 0.982. The number of rotatable bonds is 2. The van der Waals surface area contributed by atoms with E-state index in [4.69, 9.17) is 15.9 Å². The molecule has 0 saturated carbocycles. The molecular formula is C13H18N4O2. The summed E-state index contributed by atoms with van der Waals surface area (Å²) in [6.07, 6.45) is 5.23. The van der Waals surface area contributed by atoms with Crippen LogP contribution in [0.3, 0.4) is 0 Å². The summed E-state index contributed by atoms with van der Waals surface area (Å²) in [5.41, 5.74) is 7.60. The Morgan fingerprint density at radius 3 is 2.84 bits per heavy atom. The molecule has 0 atom stereocenters. The predicted molar refractivity (Wildman–Crippen MR) is 71.4 cm³/mol. The number of nitrogens with one attached hydrogen (secondary N) is 2. The molecule has 1 aromatic heterocycles. The average molecular weight is 262 g/mol. The molecule has 19 heavy (non-hydrogen) atoms. The first kappa shape index (κ1) is 13.3. The van der Waals surface area contributed by atoms with Crippen molar-refractivity contribution in [1.29, 1.82) is 5.41 Å². The number of pyridine rings is 1. The summed E-state index contributed by atoms with van der Waals surface area (Å²) in [5.74, 6) is -0.551. The smallest absolute Gasteiger partial charge is 0.263 e. The van der Waals surface area contributed by atoms with E-state index in [0.29, 0.717) is 11.4 Å². The summed E-state index contributed by atoms with van der Waals surface area (Å²) >= 11 is 0. The number of hydrogen-bond acceptors (Lipinski definition) is 4. The number of ether oxygens (including phenoxy) is 1. The fourth-order valence-electron chi connectivity index (χ4n) is 2.30. The van der Waals surface area contributed by atoms with E-state index >= 15 is 0 Å². The number of amides is 1. The summed E-state index contributed by atoms with van der Waals surface area (Å²) in [4.78, 5) is 16.4. The van der Waals surface area contributed by atoms with Crippen LogP contribution in [0, 0.1) is 5.41 Å². The highest BCUT2D eigenvalue weighted by Crippen LogP contribution is 2.25. The number of nitrogens with two attached hydrogens (primary N) is 1. The van der Waals surface area contributed by atoms with E-state index in [1.54, 1.807) is 0 Å². The standard InChI is InChI=1S/C13H18N4O2/c1-19-12-9(11(18)17-13(14)15)7-8-5-3-2-4-6-10(8)16-12/h7H,2-6H2,1H3,(H4,14,15,17,18). The minimum atomic E-state index is -0.455. The van der Waals surface area contributed by atoms with E-state index in [1.807, 2.05) is 6.07 Å². The zero-order valence-electron chi connectivity index (χ0n) is 11.0. The number of aryl methyl sites for hydroxylation is 2. The van der Waals surface area contributed by atoms with Crippen LogP contribution in [0.25, 0.3) is 0 Å². The van der Waals surface area contributed by atoms with E-state index in [2.05, 4.69) is 10.3 Å². The average Bonchev–Trinajstić information content (AvgIpc) is 2.60. The molecule has 0 saturated heterocycles. The highest BCUT2D eigenvalue weighted by molar-refractivity contribution is 6.05. The Morgan fingerprint density at radius 2 is 2.16 bits per heavy atom. The van der Waals surface area contributed by atoms with Gasteiger partial charge in [0.05, 0.1) is 7.11 Å². The van der Waals surface area contributed by atoms with Gasteiger partial charge in [0.2, 0.25) is 5.88 Å². The summed E-state index contributed by atoms with van der Waals surface area (Å²) < 4.78 is 5.17. The molecule has 0 bridgehead atoms. The number of fused-ring (bicyclic) bond motifs is 1.